The minimum atomic E-state index is 0.0196. The van der Waals surface area contributed by atoms with Crippen LogP contribution in [0.25, 0.3) is 6.08 Å². The molecule has 1 atom stereocenters. The van der Waals surface area contributed by atoms with E-state index in [0.29, 0.717) is 18.1 Å². The highest BCUT2D eigenvalue weighted by molar-refractivity contribution is 5.92. The molecule has 1 amide bonds. The summed E-state index contributed by atoms with van der Waals surface area (Å²) >= 11 is 0. The number of likely N-dealkylation sites (tertiary alicyclic amines) is 1. The fourth-order valence-corrected chi connectivity index (χ4v) is 3.54. The number of nitrogens with zero attached hydrogens (tertiary/aromatic N) is 1. The monoisotopic (exact) mass is 381 g/mol. The van der Waals surface area contributed by atoms with E-state index in [4.69, 9.17) is 14.2 Å². The van der Waals surface area contributed by atoms with Crippen molar-refractivity contribution in [2.45, 2.75) is 25.8 Å². The van der Waals surface area contributed by atoms with Crippen LogP contribution in [0, 0.1) is 0 Å². The summed E-state index contributed by atoms with van der Waals surface area (Å²) in [5.41, 5.74) is 2.04. The van der Waals surface area contributed by atoms with E-state index < -0.39 is 0 Å². The molecular formula is C23H27NO4. The first kappa shape index (κ1) is 19.8. The van der Waals surface area contributed by atoms with Gasteiger partial charge < -0.3 is 19.1 Å². The van der Waals surface area contributed by atoms with Crippen LogP contribution < -0.4 is 14.2 Å². The molecule has 0 N–H and O–H groups in total. The molecule has 28 heavy (non-hydrogen) atoms. The second kappa shape index (κ2) is 9.31. The maximum atomic E-state index is 12.8. The molecule has 1 fully saturated rings. The number of rotatable bonds is 7. The number of hydrogen-bond acceptors (Lipinski definition) is 4. The van der Waals surface area contributed by atoms with Crippen molar-refractivity contribution in [1.82, 2.24) is 4.90 Å². The Kier molecular flexibility index (Phi) is 6.58. The molecule has 1 aliphatic rings. The molecule has 5 nitrogen and oxygen atoms in total. The molecule has 1 saturated heterocycles. The molecule has 3 rings (SSSR count). The number of ether oxygens (including phenoxy) is 3. The van der Waals surface area contributed by atoms with Crippen LogP contribution >= 0.6 is 0 Å². The van der Waals surface area contributed by atoms with Crippen LogP contribution in [-0.4, -0.2) is 38.2 Å². The molecule has 2 aromatic carbocycles. The molecular weight excluding hydrogens is 354 g/mol. The third-order valence-electron chi connectivity index (χ3n) is 4.94. The lowest BCUT2D eigenvalue weighted by molar-refractivity contribution is -0.126. The summed E-state index contributed by atoms with van der Waals surface area (Å²) in [6, 6.07) is 13.6. The lowest BCUT2D eigenvalue weighted by atomic mass is 10.0. The molecule has 1 aliphatic heterocycles. The minimum Gasteiger partial charge on any atom is -0.494 e. The van der Waals surface area contributed by atoms with Crippen molar-refractivity contribution in [1.29, 1.82) is 0 Å². The van der Waals surface area contributed by atoms with Crippen molar-refractivity contribution in [3.05, 3.63) is 59.7 Å². The van der Waals surface area contributed by atoms with E-state index in [2.05, 4.69) is 0 Å². The standard InChI is InChI=1S/C23H27NO4/c1-4-28-19-11-7-17(8-12-19)9-14-23(25)24-15-5-6-20(24)18-10-13-21(26-2)22(16-18)27-3/h7-14,16,20H,4-6,15H2,1-3H3/b14-9+. The molecule has 0 aliphatic carbocycles. The summed E-state index contributed by atoms with van der Waals surface area (Å²) in [6.45, 7) is 3.35. The number of methoxy groups -OCH3 is 2. The third kappa shape index (κ3) is 4.47. The van der Waals surface area contributed by atoms with Gasteiger partial charge in [0, 0.05) is 12.6 Å². The SMILES string of the molecule is CCOc1ccc(/C=C/C(=O)N2CCCC2c2ccc(OC)c(OC)c2)cc1. The first-order chi connectivity index (χ1) is 13.7. The van der Waals surface area contributed by atoms with Gasteiger partial charge in [-0.1, -0.05) is 18.2 Å². The summed E-state index contributed by atoms with van der Waals surface area (Å²) in [5.74, 6) is 2.23. The predicted molar refractivity (Wildman–Crippen MR) is 110 cm³/mol. The second-order valence-corrected chi connectivity index (χ2v) is 6.64. The maximum absolute atomic E-state index is 12.8. The van der Waals surface area contributed by atoms with E-state index in [9.17, 15) is 4.79 Å². The van der Waals surface area contributed by atoms with Gasteiger partial charge in [-0.2, -0.15) is 0 Å². The Labute approximate surface area is 166 Å². The predicted octanol–water partition coefficient (Wildman–Crippen LogP) is 4.48. The topological polar surface area (TPSA) is 48.0 Å². The molecule has 1 heterocycles. The van der Waals surface area contributed by atoms with Crippen LogP contribution in [0.5, 0.6) is 17.2 Å². The Hall–Kier alpha value is -2.95. The van der Waals surface area contributed by atoms with Crippen molar-refractivity contribution in [2.24, 2.45) is 0 Å². The number of carbonyl (C=O) groups is 1. The molecule has 0 spiro atoms. The van der Waals surface area contributed by atoms with Gasteiger partial charge in [-0.3, -0.25) is 4.79 Å². The van der Waals surface area contributed by atoms with Gasteiger partial charge in [-0.05, 0) is 61.2 Å². The fourth-order valence-electron chi connectivity index (χ4n) is 3.54. The first-order valence-corrected chi connectivity index (χ1v) is 9.59. The highest BCUT2D eigenvalue weighted by Crippen LogP contribution is 2.37. The average molecular weight is 381 g/mol. The summed E-state index contributed by atoms with van der Waals surface area (Å²) in [5, 5.41) is 0. The van der Waals surface area contributed by atoms with Gasteiger partial charge in [-0.15, -0.1) is 0 Å². The fraction of sp³-hybridized carbons (Fsp3) is 0.348. The first-order valence-electron chi connectivity index (χ1n) is 9.59. The lowest BCUT2D eigenvalue weighted by Gasteiger charge is -2.24. The molecule has 1 unspecified atom stereocenters. The molecule has 5 heteroatoms. The van der Waals surface area contributed by atoms with Crippen molar-refractivity contribution in [2.75, 3.05) is 27.4 Å². The highest BCUT2D eigenvalue weighted by atomic mass is 16.5. The van der Waals surface area contributed by atoms with Crippen LogP contribution in [0.15, 0.2) is 48.5 Å². The zero-order valence-corrected chi connectivity index (χ0v) is 16.7. The Morgan fingerprint density at radius 3 is 2.54 bits per heavy atom. The van der Waals surface area contributed by atoms with Crippen molar-refractivity contribution in [3.63, 3.8) is 0 Å². The van der Waals surface area contributed by atoms with Crippen molar-refractivity contribution < 1.29 is 19.0 Å². The van der Waals surface area contributed by atoms with Gasteiger partial charge in [-0.25, -0.2) is 0 Å². The Bertz CT molecular complexity index is 829. The van der Waals surface area contributed by atoms with Crippen LogP contribution in [-0.2, 0) is 4.79 Å². The van der Waals surface area contributed by atoms with Gasteiger partial charge >= 0.3 is 0 Å². The lowest BCUT2D eigenvalue weighted by Crippen LogP contribution is -2.28. The van der Waals surface area contributed by atoms with Crippen molar-refractivity contribution in [3.8, 4) is 17.2 Å². The minimum absolute atomic E-state index is 0.0196. The van der Waals surface area contributed by atoms with Crippen molar-refractivity contribution >= 4 is 12.0 Å². The summed E-state index contributed by atoms with van der Waals surface area (Å²) in [4.78, 5) is 14.7. The normalized spacial score (nSPS) is 16.4. The third-order valence-corrected chi connectivity index (χ3v) is 4.94. The highest BCUT2D eigenvalue weighted by Gasteiger charge is 2.29. The van der Waals surface area contributed by atoms with Gasteiger partial charge in [0.05, 0.1) is 26.9 Å². The van der Waals surface area contributed by atoms with Gasteiger partial charge in [0.25, 0.3) is 0 Å². The zero-order chi connectivity index (χ0) is 19.9. The van der Waals surface area contributed by atoms with Crippen LogP contribution in [0.3, 0.4) is 0 Å². The van der Waals surface area contributed by atoms with E-state index in [1.807, 2.05) is 60.4 Å². The molecule has 0 saturated carbocycles. The summed E-state index contributed by atoms with van der Waals surface area (Å²) in [7, 11) is 3.24. The Morgan fingerprint density at radius 2 is 1.86 bits per heavy atom. The smallest absolute Gasteiger partial charge is 0.247 e. The van der Waals surface area contributed by atoms with Crippen LogP contribution in [0.1, 0.15) is 36.9 Å². The molecule has 0 bridgehead atoms. The van der Waals surface area contributed by atoms with Crippen LogP contribution in [0.4, 0.5) is 0 Å². The zero-order valence-electron chi connectivity index (χ0n) is 16.7. The van der Waals surface area contributed by atoms with Gasteiger partial charge in [0.2, 0.25) is 5.91 Å². The van der Waals surface area contributed by atoms with Gasteiger partial charge in [0.1, 0.15) is 5.75 Å². The van der Waals surface area contributed by atoms with Gasteiger partial charge in [0.15, 0.2) is 11.5 Å². The molecule has 2 aromatic rings. The number of amides is 1. The van der Waals surface area contributed by atoms with E-state index in [-0.39, 0.29) is 11.9 Å². The quantitative estimate of drug-likeness (QED) is 0.664. The molecule has 148 valence electrons. The number of carbonyl (C=O) groups excluding carboxylic acids is 1. The number of benzene rings is 2. The van der Waals surface area contributed by atoms with E-state index in [1.165, 1.54) is 0 Å². The summed E-state index contributed by atoms with van der Waals surface area (Å²) < 4.78 is 16.2. The van der Waals surface area contributed by atoms with Crippen LogP contribution in [0.2, 0.25) is 0 Å². The Morgan fingerprint density at radius 1 is 1.11 bits per heavy atom. The average Bonchev–Trinajstić information content (AvgIpc) is 3.22. The summed E-state index contributed by atoms with van der Waals surface area (Å²) in [6.07, 6.45) is 5.43. The second-order valence-electron chi connectivity index (χ2n) is 6.64. The van der Waals surface area contributed by atoms with E-state index in [0.717, 1.165) is 36.3 Å². The molecule has 0 aromatic heterocycles. The molecule has 0 radical (unpaired) electrons. The number of hydrogen-bond donors (Lipinski definition) is 0. The largest absolute Gasteiger partial charge is 0.494 e. The van der Waals surface area contributed by atoms with E-state index in [1.54, 1.807) is 20.3 Å². The Balaban J connectivity index is 1.72. The van der Waals surface area contributed by atoms with E-state index >= 15 is 0 Å². The maximum Gasteiger partial charge on any atom is 0.247 e.